The Morgan fingerprint density at radius 2 is 2.00 bits per heavy atom. The van der Waals surface area contributed by atoms with E-state index >= 15 is 0 Å². The van der Waals surface area contributed by atoms with Crippen LogP contribution in [0.2, 0.25) is 0 Å². The number of carbonyl (C=O) groups excluding carboxylic acids is 1. The molecule has 0 aliphatic heterocycles. The summed E-state index contributed by atoms with van der Waals surface area (Å²) in [5, 5.41) is 11.5. The number of amides is 1. The van der Waals surface area contributed by atoms with E-state index < -0.39 is 5.97 Å². The minimum absolute atomic E-state index is 0.00806. The number of hydrogen-bond donors (Lipinski definition) is 3. The molecule has 0 spiro atoms. The summed E-state index contributed by atoms with van der Waals surface area (Å²) in [4.78, 5) is 22.5. The molecule has 1 aromatic rings. The molecule has 1 aliphatic rings. The molecule has 1 amide bonds. The molecular formula is C13H18N2O4. The Kier molecular flexibility index (Phi) is 4.21. The van der Waals surface area contributed by atoms with Gasteiger partial charge in [-0.05, 0) is 37.8 Å². The van der Waals surface area contributed by atoms with E-state index in [-0.39, 0.29) is 30.2 Å². The quantitative estimate of drug-likeness (QED) is 0.757. The van der Waals surface area contributed by atoms with Gasteiger partial charge in [0.1, 0.15) is 5.76 Å². The van der Waals surface area contributed by atoms with Crippen LogP contribution in [0.3, 0.4) is 0 Å². The SMILES string of the molecule is NC1CCC(C(=O)NCc2ccc(C(=O)O)o2)CC1. The van der Waals surface area contributed by atoms with Gasteiger partial charge in [-0.3, -0.25) is 4.79 Å². The summed E-state index contributed by atoms with van der Waals surface area (Å²) < 4.78 is 5.07. The Labute approximate surface area is 111 Å². The van der Waals surface area contributed by atoms with Crippen LogP contribution in [0.1, 0.15) is 42.0 Å². The Balaban J connectivity index is 1.81. The zero-order chi connectivity index (χ0) is 13.8. The van der Waals surface area contributed by atoms with Gasteiger partial charge >= 0.3 is 5.97 Å². The average Bonchev–Trinajstić information content (AvgIpc) is 2.86. The summed E-state index contributed by atoms with van der Waals surface area (Å²) >= 11 is 0. The van der Waals surface area contributed by atoms with Gasteiger partial charge in [0.05, 0.1) is 6.54 Å². The van der Waals surface area contributed by atoms with Crippen molar-refractivity contribution in [1.29, 1.82) is 0 Å². The largest absolute Gasteiger partial charge is 0.475 e. The maximum Gasteiger partial charge on any atom is 0.371 e. The van der Waals surface area contributed by atoms with E-state index in [4.69, 9.17) is 15.3 Å². The number of nitrogens with one attached hydrogen (secondary N) is 1. The Morgan fingerprint density at radius 1 is 1.32 bits per heavy atom. The molecule has 0 unspecified atom stereocenters. The van der Waals surface area contributed by atoms with Crippen LogP contribution in [-0.2, 0) is 11.3 Å². The highest BCUT2D eigenvalue weighted by atomic mass is 16.4. The molecule has 1 aliphatic carbocycles. The Morgan fingerprint density at radius 3 is 2.58 bits per heavy atom. The van der Waals surface area contributed by atoms with E-state index in [1.165, 1.54) is 6.07 Å². The lowest BCUT2D eigenvalue weighted by Gasteiger charge is -2.24. The number of carboxylic acid groups (broad SMARTS) is 1. The molecule has 0 aromatic carbocycles. The van der Waals surface area contributed by atoms with Crippen LogP contribution in [0.4, 0.5) is 0 Å². The monoisotopic (exact) mass is 266 g/mol. The molecule has 1 saturated carbocycles. The molecule has 19 heavy (non-hydrogen) atoms. The van der Waals surface area contributed by atoms with Crippen LogP contribution in [0.5, 0.6) is 0 Å². The zero-order valence-electron chi connectivity index (χ0n) is 10.6. The molecular weight excluding hydrogens is 248 g/mol. The van der Waals surface area contributed by atoms with Gasteiger partial charge in [0.25, 0.3) is 0 Å². The summed E-state index contributed by atoms with van der Waals surface area (Å²) in [6, 6.07) is 3.15. The minimum Gasteiger partial charge on any atom is -0.475 e. The summed E-state index contributed by atoms with van der Waals surface area (Å²) in [6.07, 6.45) is 3.38. The highest BCUT2D eigenvalue weighted by Gasteiger charge is 2.24. The van der Waals surface area contributed by atoms with E-state index in [0.717, 1.165) is 25.7 Å². The fraction of sp³-hybridized carbons (Fsp3) is 0.538. The van der Waals surface area contributed by atoms with E-state index in [2.05, 4.69) is 5.32 Å². The maximum atomic E-state index is 11.9. The molecule has 4 N–H and O–H groups in total. The molecule has 2 rings (SSSR count). The van der Waals surface area contributed by atoms with Crippen molar-refractivity contribution in [2.45, 2.75) is 38.3 Å². The van der Waals surface area contributed by atoms with Gasteiger partial charge in [-0.1, -0.05) is 0 Å². The van der Waals surface area contributed by atoms with Crippen molar-refractivity contribution in [3.05, 3.63) is 23.7 Å². The molecule has 0 radical (unpaired) electrons. The van der Waals surface area contributed by atoms with Crippen LogP contribution in [0.15, 0.2) is 16.5 Å². The number of rotatable bonds is 4. The second kappa shape index (κ2) is 5.88. The highest BCUT2D eigenvalue weighted by Crippen LogP contribution is 2.23. The molecule has 0 saturated heterocycles. The summed E-state index contributed by atoms with van der Waals surface area (Å²) in [6.45, 7) is 0.217. The fourth-order valence-electron chi connectivity index (χ4n) is 2.29. The molecule has 0 bridgehead atoms. The molecule has 0 atom stereocenters. The van der Waals surface area contributed by atoms with Crippen molar-refractivity contribution in [3.63, 3.8) is 0 Å². The lowest BCUT2D eigenvalue weighted by atomic mass is 9.86. The first kappa shape index (κ1) is 13.6. The van der Waals surface area contributed by atoms with E-state index in [0.29, 0.717) is 5.76 Å². The van der Waals surface area contributed by atoms with Crippen molar-refractivity contribution < 1.29 is 19.1 Å². The van der Waals surface area contributed by atoms with Gasteiger partial charge in [0.2, 0.25) is 11.7 Å². The molecule has 6 nitrogen and oxygen atoms in total. The zero-order valence-corrected chi connectivity index (χ0v) is 10.6. The summed E-state index contributed by atoms with van der Waals surface area (Å²) in [7, 11) is 0. The third kappa shape index (κ3) is 3.57. The number of carbonyl (C=O) groups is 2. The van der Waals surface area contributed by atoms with Crippen LogP contribution in [0, 0.1) is 5.92 Å². The second-order valence-electron chi connectivity index (χ2n) is 4.90. The third-order valence-electron chi connectivity index (χ3n) is 3.45. The van der Waals surface area contributed by atoms with Gasteiger partial charge in [-0.2, -0.15) is 0 Å². The van der Waals surface area contributed by atoms with Crippen molar-refractivity contribution in [3.8, 4) is 0 Å². The highest BCUT2D eigenvalue weighted by molar-refractivity contribution is 5.84. The number of aromatic carboxylic acids is 1. The van der Waals surface area contributed by atoms with Crippen molar-refractivity contribution in [1.82, 2.24) is 5.32 Å². The molecule has 1 fully saturated rings. The topological polar surface area (TPSA) is 106 Å². The predicted molar refractivity (Wildman–Crippen MR) is 67.4 cm³/mol. The molecule has 104 valence electrons. The number of furan rings is 1. The third-order valence-corrected chi connectivity index (χ3v) is 3.45. The lowest BCUT2D eigenvalue weighted by molar-refractivity contribution is -0.126. The van der Waals surface area contributed by atoms with E-state index in [9.17, 15) is 9.59 Å². The summed E-state index contributed by atoms with van der Waals surface area (Å²) in [5.41, 5.74) is 5.79. The van der Waals surface area contributed by atoms with Gasteiger partial charge in [-0.25, -0.2) is 4.79 Å². The van der Waals surface area contributed by atoms with Crippen molar-refractivity contribution in [2.24, 2.45) is 11.7 Å². The van der Waals surface area contributed by atoms with E-state index in [1.807, 2.05) is 0 Å². The smallest absolute Gasteiger partial charge is 0.371 e. The average molecular weight is 266 g/mol. The minimum atomic E-state index is -1.11. The van der Waals surface area contributed by atoms with Crippen LogP contribution >= 0.6 is 0 Å². The van der Waals surface area contributed by atoms with Crippen molar-refractivity contribution >= 4 is 11.9 Å². The van der Waals surface area contributed by atoms with Crippen LogP contribution < -0.4 is 11.1 Å². The van der Waals surface area contributed by atoms with Gasteiger partial charge in [-0.15, -0.1) is 0 Å². The predicted octanol–water partition coefficient (Wildman–Crippen LogP) is 1.11. The first-order valence-electron chi connectivity index (χ1n) is 6.41. The number of hydrogen-bond acceptors (Lipinski definition) is 4. The Hall–Kier alpha value is -1.82. The van der Waals surface area contributed by atoms with Crippen molar-refractivity contribution in [2.75, 3.05) is 0 Å². The maximum absolute atomic E-state index is 11.9. The standard InChI is InChI=1S/C13H18N2O4/c14-9-3-1-8(2-4-9)12(16)15-7-10-5-6-11(19-10)13(17)18/h5-6,8-9H,1-4,7,14H2,(H,15,16)(H,17,18). The van der Waals surface area contributed by atoms with Gasteiger partial charge < -0.3 is 20.6 Å². The van der Waals surface area contributed by atoms with E-state index in [1.54, 1.807) is 6.07 Å². The molecule has 1 aromatic heterocycles. The van der Waals surface area contributed by atoms with Crippen LogP contribution in [-0.4, -0.2) is 23.0 Å². The summed E-state index contributed by atoms with van der Waals surface area (Å²) in [5.74, 6) is -0.793. The molecule has 1 heterocycles. The Bertz CT molecular complexity index is 461. The van der Waals surface area contributed by atoms with Crippen LogP contribution in [0.25, 0.3) is 0 Å². The molecule has 6 heteroatoms. The number of carboxylic acids is 1. The fourth-order valence-corrected chi connectivity index (χ4v) is 2.29. The second-order valence-corrected chi connectivity index (χ2v) is 4.90. The lowest BCUT2D eigenvalue weighted by Crippen LogP contribution is -2.35. The van der Waals surface area contributed by atoms with Gasteiger partial charge in [0.15, 0.2) is 0 Å². The first-order chi connectivity index (χ1) is 9.06. The first-order valence-corrected chi connectivity index (χ1v) is 6.41. The van der Waals surface area contributed by atoms with Gasteiger partial charge in [0, 0.05) is 12.0 Å². The number of nitrogens with two attached hydrogens (primary N) is 1. The normalized spacial score (nSPS) is 23.0.